The van der Waals surface area contributed by atoms with E-state index in [1.807, 2.05) is 11.3 Å². The highest BCUT2D eigenvalue weighted by molar-refractivity contribution is 7.26. The standard InChI is InChI=1S/C64H42N2S/c1-3-19-43(20-4-1)50-32-15-21-44-22-16-35-55(62(44)50)53-29-7-10-37-58(53)65(49-28-14-24-46(42-49)52-34-17-36-56-54-30-9-12-40-61(54)67-64(52)56)48-27-13-23-45(41-48)51-33-18-39-60-63(51)57-31-8-11-38-59(57)66(60)47-25-5-2-6-26-47/h1-42H. The summed E-state index contributed by atoms with van der Waals surface area (Å²) in [6, 6.07) is 93.2. The summed E-state index contributed by atoms with van der Waals surface area (Å²) in [5.74, 6) is 0. The van der Waals surface area contributed by atoms with Crippen molar-refractivity contribution in [1.29, 1.82) is 0 Å². The van der Waals surface area contributed by atoms with Crippen LogP contribution >= 0.6 is 11.3 Å². The zero-order chi connectivity index (χ0) is 44.3. The molecular weight excluding hydrogens is 829 g/mol. The van der Waals surface area contributed by atoms with Gasteiger partial charge in [-0.15, -0.1) is 11.3 Å². The normalized spacial score (nSPS) is 11.6. The third-order valence-electron chi connectivity index (χ3n) is 13.4. The van der Waals surface area contributed by atoms with Crippen LogP contribution in [-0.2, 0) is 0 Å². The van der Waals surface area contributed by atoms with E-state index in [9.17, 15) is 0 Å². The number of aromatic nitrogens is 1. The average molecular weight is 871 g/mol. The van der Waals surface area contributed by atoms with Gasteiger partial charge in [0, 0.05) is 53.6 Å². The maximum Gasteiger partial charge on any atom is 0.0547 e. The number of hydrogen-bond donors (Lipinski definition) is 0. The Kier molecular flexibility index (Phi) is 9.40. The quantitative estimate of drug-likeness (QED) is 0.148. The summed E-state index contributed by atoms with van der Waals surface area (Å²) in [5, 5.41) is 7.53. The van der Waals surface area contributed by atoms with Gasteiger partial charge < -0.3 is 9.47 Å². The molecule has 0 radical (unpaired) electrons. The van der Waals surface area contributed by atoms with Crippen molar-refractivity contribution in [3.8, 4) is 50.2 Å². The molecule has 314 valence electrons. The van der Waals surface area contributed by atoms with Gasteiger partial charge in [-0.3, -0.25) is 0 Å². The summed E-state index contributed by atoms with van der Waals surface area (Å²) >= 11 is 1.88. The lowest BCUT2D eigenvalue weighted by atomic mass is 9.90. The Morgan fingerprint density at radius 3 is 1.64 bits per heavy atom. The number of anilines is 3. The smallest absolute Gasteiger partial charge is 0.0547 e. The van der Waals surface area contributed by atoms with Crippen LogP contribution in [0.4, 0.5) is 17.1 Å². The molecule has 67 heavy (non-hydrogen) atoms. The first-order valence-corrected chi connectivity index (χ1v) is 23.7. The SMILES string of the molecule is c1ccc(-c2cccc3cccc(-c4ccccc4N(c4cccc(-c5cccc6c5sc5ccccc56)c4)c4cccc(-c5cccc6c5c5ccccc5n6-c5ccccc5)c4)c23)cc1. The zero-order valence-electron chi connectivity index (χ0n) is 36.6. The van der Waals surface area contributed by atoms with E-state index in [4.69, 9.17) is 0 Å². The Labute approximate surface area is 393 Å². The van der Waals surface area contributed by atoms with Crippen molar-refractivity contribution < 1.29 is 0 Å². The van der Waals surface area contributed by atoms with E-state index in [1.54, 1.807) is 0 Å². The molecule has 0 spiro atoms. The molecule has 0 bridgehead atoms. The molecule has 13 aromatic rings. The number of benzene rings is 11. The highest BCUT2D eigenvalue weighted by Gasteiger charge is 2.22. The molecule has 13 rings (SSSR count). The van der Waals surface area contributed by atoms with Gasteiger partial charge in [0.15, 0.2) is 0 Å². The van der Waals surface area contributed by atoms with Gasteiger partial charge in [-0.05, 0) is 110 Å². The Morgan fingerprint density at radius 2 is 0.851 bits per heavy atom. The van der Waals surface area contributed by atoms with Crippen LogP contribution < -0.4 is 4.90 Å². The summed E-state index contributed by atoms with van der Waals surface area (Å²) in [5.41, 5.74) is 16.4. The van der Waals surface area contributed by atoms with E-state index in [-0.39, 0.29) is 0 Å². The predicted molar refractivity (Wildman–Crippen MR) is 288 cm³/mol. The van der Waals surface area contributed by atoms with E-state index in [0.29, 0.717) is 0 Å². The second-order valence-corrected chi connectivity index (χ2v) is 18.2. The number of fused-ring (bicyclic) bond motifs is 7. The second-order valence-electron chi connectivity index (χ2n) is 17.2. The molecule has 0 unspecified atom stereocenters. The maximum atomic E-state index is 2.48. The molecule has 0 N–H and O–H groups in total. The Hall–Kier alpha value is -8.50. The molecule has 11 aromatic carbocycles. The summed E-state index contributed by atoms with van der Waals surface area (Å²) in [6.45, 7) is 0. The molecule has 0 amide bonds. The van der Waals surface area contributed by atoms with Crippen LogP contribution in [0.3, 0.4) is 0 Å². The third-order valence-corrected chi connectivity index (χ3v) is 14.6. The van der Waals surface area contributed by atoms with E-state index in [0.717, 1.165) is 33.9 Å². The molecule has 0 atom stereocenters. The summed E-state index contributed by atoms with van der Waals surface area (Å²) in [7, 11) is 0. The van der Waals surface area contributed by atoms with Gasteiger partial charge in [0.1, 0.15) is 0 Å². The first kappa shape index (κ1) is 38.9. The van der Waals surface area contributed by atoms with E-state index in [1.165, 1.54) is 86.1 Å². The van der Waals surface area contributed by atoms with Crippen LogP contribution in [0.2, 0.25) is 0 Å². The minimum absolute atomic E-state index is 1.08. The fraction of sp³-hybridized carbons (Fsp3) is 0. The largest absolute Gasteiger partial charge is 0.310 e. The molecule has 2 heterocycles. The van der Waals surface area contributed by atoms with Crippen LogP contribution in [-0.4, -0.2) is 4.57 Å². The van der Waals surface area contributed by atoms with Gasteiger partial charge in [-0.25, -0.2) is 0 Å². The highest BCUT2D eigenvalue weighted by Crippen LogP contribution is 2.48. The van der Waals surface area contributed by atoms with Crippen LogP contribution in [0.25, 0.3) is 103 Å². The van der Waals surface area contributed by atoms with Crippen molar-refractivity contribution in [2.24, 2.45) is 0 Å². The van der Waals surface area contributed by atoms with Gasteiger partial charge in [-0.2, -0.15) is 0 Å². The van der Waals surface area contributed by atoms with Gasteiger partial charge in [0.25, 0.3) is 0 Å². The molecule has 2 nitrogen and oxygen atoms in total. The number of hydrogen-bond acceptors (Lipinski definition) is 2. The van der Waals surface area contributed by atoms with Gasteiger partial charge in [0.05, 0.1) is 16.7 Å². The summed E-state index contributed by atoms with van der Waals surface area (Å²) in [4.78, 5) is 2.48. The van der Waals surface area contributed by atoms with Gasteiger partial charge in [0.2, 0.25) is 0 Å². The maximum absolute atomic E-state index is 2.48. The lowest BCUT2D eigenvalue weighted by Crippen LogP contribution is -2.11. The lowest BCUT2D eigenvalue weighted by molar-refractivity contribution is 1.18. The van der Waals surface area contributed by atoms with Crippen molar-refractivity contribution in [1.82, 2.24) is 4.57 Å². The predicted octanol–water partition coefficient (Wildman–Crippen LogP) is 18.4. The first-order valence-electron chi connectivity index (χ1n) is 22.9. The number of nitrogens with zero attached hydrogens (tertiary/aromatic N) is 2. The third kappa shape index (κ3) is 6.55. The molecule has 0 saturated carbocycles. The number of rotatable bonds is 8. The Bertz CT molecular complexity index is 3990. The number of thiophene rings is 1. The van der Waals surface area contributed by atoms with Crippen molar-refractivity contribution in [2.45, 2.75) is 0 Å². The van der Waals surface area contributed by atoms with E-state index >= 15 is 0 Å². The van der Waals surface area contributed by atoms with Gasteiger partial charge >= 0.3 is 0 Å². The number of para-hydroxylation sites is 3. The highest BCUT2D eigenvalue weighted by atomic mass is 32.1. The Morgan fingerprint density at radius 1 is 0.328 bits per heavy atom. The van der Waals surface area contributed by atoms with Crippen molar-refractivity contribution >= 4 is 81.1 Å². The molecule has 0 aliphatic carbocycles. The summed E-state index contributed by atoms with van der Waals surface area (Å²) in [6.07, 6.45) is 0. The molecule has 2 aromatic heterocycles. The van der Waals surface area contributed by atoms with E-state index in [2.05, 4.69) is 264 Å². The second kappa shape index (κ2) is 16.2. The first-order chi connectivity index (χ1) is 33.3. The fourth-order valence-corrected chi connectivity index (χ4v) is 11.7. The van der Waals surface area contributed by atoms with Gasteiger partial charge in [-0.1, -0.05) is 194 Å². The van der Waals surface area contributed by atoms with Crippen molar-refractivity contribution in [3.05, 3.63) is 255 Å². The zero-order valence-corrected chi connectivity index (χ0v) is 37.4. The molecule has 0 saturated heterocycles. The molecule has 0 aliphatic heterocycles. The minimum Gasteiger partial charge on any atom is -0.310 e. The molecule has 3 heteroatoms. The van der Waals surface area contributed by atoms with Crippen LogP contribution in [0.1, 0.15) is 0 Å². The molecule has 0 aliphatic rings. The Balaban J connectivity index is 1.05. The van der Waals surface area contributed by atoms with Crippen LogP contribution in [0, 0.1) is 0 Å². The summed E-state index contributed by atoms with van der Waals surface area (Å²) < 4.78 is 5.01. The molecular formula is C64H42N2S. The monoisotopic (exact) mass is 870 g/mol. The minimum atomic E-state index is 1.08. The van der Waals surface area contributed by atoms with E-state index < -0.39 is 0 Å². The van der Waals surface area contributed by atoms with Crippen molar-refractivity contribution in [2.75, 3.05) is 4.90 Å². The van der Waals surface area contributed by atoms with Crippen LogP contribution in [0.15, 0.2) is 255 Å². The fourth-order valence-electron chi connectivity index (χ4n) is 10.5. The average Bonchev–Trinajstić information content (AvgIpc) is 3.96. The topological polar surface area (TPSA) is 8.17 Å². The van der Waals surface area contributed by atoms with Crippen molar-refractivity contribution in [3.63, 3.8) is 0 Å². The lowest BCUT2D eigenvalue weighted by Gasteiger charge is -2.29. The molecule has 0 fully saturated rings. The van der Waals surface area contributed by atoms with Crippen LogP contribution in [0.5, 0.6) is 0 Å².